The van der Waals surface area contributed by atoms with E-state index in [2.05, 4.69) is 10.9 Å². The summed E-state index contributed by atoms with van der Waals surface area (Å²) >= 11 is 0. The molecule has 7 heteroatoms. The van der Waals surface area contributed by atoms with E-state index in [0.29, 0.717) is 17.8 Å². The molecule has 1 atom stereocenters. The third-order valence-electron chi connectivity index (χ3n) is 4.26. The second-order valence-electron chi connectivity index (χ2n) is 6.21. The Bertz CT molecular complexity index is 916. The highest BCUT2D eigenvalue weighted by Crippen LogP contribution is 2.22. The van der Waals surface area contributed by atoms with Crippen molar-refractivity contribution in [2.75, 3.05) is 6.61 Å². The van der Waals surface area contributed by atoms with Crippen LogP contribution in [0.5, 0.6) is 5.75 Å². The molecule has 0 aliphatic heterocycles. The summed E-state index contributed by atoms with van der Waals surface area (Å²) < 4.78 is 10.5. The van der Waals surface area contributed by atoms with E-state index in [1.54, 1.807) is 18.2 Å². The third-order valence-corrected chi connectivity index (χ3v) is 4.26. The van der Waals surface area contributed by atoms with Crippen LogP contribution in [-0.4, -0.2) is 18.4 Å². The summed E-state index contributed by atoms with van der Waals surface area (Å²) in [6, 6.07) is 6.43. The van der Waals surface area contributed by atoms with Crippen molar-refractivity contribution in [3.05, 3.63) is 52.4 Å². The zero-order valence-corrected chi connectivity index (χ0v) is 14.4. The number of allylic oxidation sites excluding steroid dienone is 2. The molecular weight excluding hydrogens is 336 g/mol. The Morgan fingerprint density at radius 3 is 2.85 bits per heavy atom. The molecule has 0 saturated heterocycles. The van der Waals surface area contributed by atoms with Gasteiger partial charge in [-0.1, -0.05) is 12.2 Å². The lowest BCUT2D eigenvalue weighted by atomic mass is 9.94. The van der Waals surface area contributed by atoms with Gasteiger partial charge in [-0.25, -0.2) is 4.79 Å². The molecule has 1 heterocycles. The lowest BCUT2D eigenvalue weighted by molar-refractivity contribution is -0.132. The number of hydrogen-bond donors (Lipinski definition) is 2. The average Bonchev–Trinajstić information content (AvgIpc) is 2.64. The van der Waals surface area contributed by atoms with Gasteiger partial charge in [-0.3, -0.25) is 20.4 Å². The van der Waals surface area contributed by atoms with Gasteiger partial charge in [0, 0.05) is 23.4 Å². The Kier molecular flexibility index (Phi) is 5.36. The van der Waals surface area contributed by atoms with E-state index in [1.165, 1.54) is 6.07 Å². The van der Waals surface area contributed by atoms with Crippen molar-refractivity contribution in [1.82, 2.24) is 10.9 Å². The molecule has 0 saturated carbocycles. The van der Waals surface area contributed by atoms with Crippen LogP contribution >= 0.6 is 0 Å². The molecular formula is C19H20N2O5. The van der Waals surface area contributed by atoms with Crippen molar-refractivity contribution in [3.8, 4) is 5.75 Å². The quantitative estimate of drug-likeness (QED) is 0.496. The number of hydrazine groups is 1. The molecule has 2 aromatic rings. The number of benzene rings is 1. The molecule has 1 aliphatic rings. The van der Waals surface area contributed by atoms with Crippen LogP contribution in [0, 0.1) is 12.8 Å². The highest BCUT2D eigenvalue weighted by Gasteiger charge is 2.19. The van der Waals surface area contributed by atoms with Crippen LogP contribution in [0.2, 0.25) is 0 Å². The maximum absolute atomic E-state index is 11.9. The van der Waals surface area contributed by atoms with Crippen LogP contribution in [0.1, 0.15) is 24.8 Å². The number of fused-ring (bicyclic) bond motifs is 1. The van der Waals surface area contributed by atoms with E-state index >= 15 is 0 Å². The monoisotopic (exact) mass is 356 g/mol. The van der Waals surface area contributed by atoms with Gasteiger partial charge >= 0.3 is 5.63 Å². The minimum atomic E-state index is -0.476. The van der Waals surface area contributed by atoms with Gasteiger partial charge in [0.05, 0.1) is 0 Å². The summed E-state index contributed by atoms with van der Waals surface area (Å²) in [4.78, 5) is 35.2. The van der Waals surface area contributed by atoms with E-state index in [-0.39, 0.29) is 18.4 Å². The van der Waals surface area contributed by atoms with E-state index in [4.69, 9.17) is 9.15 Å². The molecule has 0 radical (unpaired) electrons. The van der Waals surface area contributed by atoms with Crippen LogP contribution < -0.4 is 21.2 Å². The van der Waals surface area contributed by atoms with Crippen LogP contribution in [-0.2, 0) is 9.59 Å². The first-order chi connectivity index (χ1) is 12.5. The number of carbonyl (C=O) groups is 2. The lowest BCUT2D eigenvalue weighted by Crippen LogP contribution is -2.46. The fourth-order valence-electron chi connectivity index (χ4n) is 2.85. The Morgan fingerprint density at radius 2 is 2.08 bits per heavy atom. The van der Waals surface area contributed by atoms with Crippen molar-refractivity contribution in [2.24, 2.45) is 5.92 Å². The molecule has 1 aromatic carbocycles. The summed E-state index contributed by atoms with van der Waals surface area (Å²) in [7, 11) is 0. The fourth-order valence-corrected chi connectivity index (χ4v) is 2.85. The SMILES string of the molecule is Cc1cc(=O)oc2cc(OCC(=O)NNC(=O)[C@H]3CC=CCC3)ccc12. The molecule has 1 aromatic heterocycles. The topological polar surface area (TPSA) is 97.6 Å². The van der Waals surface area contributed by atoms with E-state index in [0.717, 1.165) is 23.8 Å². The van der Waals surface area contributed by atoms with Crippen LogP contribution in [0.3, 0.4) is 0 Å². The fraction of sp³-hybridized carbons (Fsp3) is 0.316. The zero-order valence-electron chi connectivity index (χ0n) is 14.4. The molecule has 0 spiro atoms. The van der Waals surface area contributed by atoms with Crippen molar-refractivity contribution in [2.45, 2.75) is 26.2 Å². The maximum Gasteiger partial charge on any atom is 0.336 e. The summed E-state index contributed by atoms with van der Waals surface area (Å²) in [5.41, 5.74) is 5.53. The normalized spacial score (nSPS) is 16.3. The Balaban J connectivity index is 1.52. The summed E-state index contributed by atoms with van der Waals surface area (Å²) in [5, 5.41) is 0.801. The molecule has 0 bridgehead atoms. The number of amides is 2. The van der Waals surface area contributed by atoms with Gasteiger partial charge < -0.3 is 9.15 Å². The van der Waals surface area contributed by atoms with E-state index in [9.17, 15) is 14.4 Å². The van der Waals surface area contributed by atoms with Gasteiger partial charge in [0.1, 0.15) is 11.3 Å². The van der Waals surface area contributed by atoms with Crippen molar-refractivity contribution < 1.29 is 18.7 Å². The van der Waals surface area contributed by atoms with Gasteiger partial charge in [0.25, 0.3) is 5.91 Å². The molecule has 7 nitrogen and oxygen atoms in total. The van der Waals surface area contributed by atoms with Crippen molar-refractivity contribution in [3.63, 3.8) is 0 Å². The molecule has 0 fully saturated rings. The Morgan fingerprint density at radius 1 is 1.23 bits per heavy atom. The molecule has 3 rings (SSSR count). The summed E-state index contributed by atoms with van der Waals surface area (Å²) in [6.07, 6.45) is 6.34. The van der Waals surface area contributed by atoms with Gasteiger partial charge in [-0.05, 0) is 43.9 Å². The first-order valence-corrected chi connectivity index (χ1v) is 8.44. The van der Waals surface area contributed by atoms with Gasteiger partial charge in [-0.2, -0.15) is 0 Å². The second-order valence-corrected chi connectivity index (χ2v) is 6.21. The largest absolute Gasteiger partial charge is 0.484 e. The van der Waals surface area contributed by atoms with Crippen LogP contribution in [0.4, 0.5) is 0 Å². The number of ether oxygens (including phenoxy) is 1. The maximum atomic E-state index is 11.9. The molecule has 2 N–H and O–H groups in total. The minimum absolute atomic E-state index is 0.118. The highest BCUT2D eigenvalue weighted by atomic mass is 16.5. The van der Waals surface area contributed by atoms with Gasteiger partial charge in [0.15, 0.2) is 6.61 Å². The summed E-state index contributed by atoms with van der Waals surface area (Å²) in [5.74, 6) is -0.404. The highest BCUT2D eigenvalue weighted by molar-refractivity contribution is 5.84. The molecule has 2 amide bonds. The lowest BCUT2D eigenvalue weighted by Gasteiger charge is -2.17. The molecule has 0 unspecified atom stereocenters. The van der Waals surface area contributed by atoms with E-state index in [1.807, 2.05) is 19.1 Å². The van der Waals surface area contributed by atoms with Crippen LogP contribution in [0.25, 0.3) is 11.0 Å². The van der Waals surface area contributed by atoms with Gasteiger partial charge in [-0.15, -0.1) is 0 Å². The van der Waals surface area contributed by atoms with Crippen LogP contribution in [0.15, 0.2) is 45.6 Å². The Hall–Kier alpha value is -3.09. The molecule has 136 valence electrons. The molecule has 26 heavy (non-hydrogen) atoms. The molecule has 1 aliphatic carbocycles. The van der Waals surface area contributed by atoms with Gasteiger partial charge in [0.2, 0.25) is 5.91 Å². The Labute approximate surface area is 150 Å². The number of rotatable bonds is 4. The first-order valence-electron chi connectivity index (χ1n) is 8.44. The second kappa shape index (κ2) is 7.86. The third kappa shape index (κ3) is 4.30. The zero-order chi connectivity index (χ0) is 18.5. The standard InChI is InChI=1S/C19H20N2O5/c1-12-9-18(23)26-16-10-14(7-8-15(12)16)25-11-17(22)20-21-19(24)13-5-3-2-4-6-13/h2-3,7-10,13H,4-6,11H2,1H3,(H,20,22)(H,21,24)/t13-/m0/s1. The predicted octanol–water partition coefficient (Wildman–Crippen LogP) is 1.98. The van der Waals surface area contributed by atoms with Crippen molar-refractivity contribution >= 4 is 22.8 Å². The summed E-state index contributed by atoms with van der Waals surface area (Å²) in [6.45, 7) is 1.55. The first kappa shape index (κ1) is 17.7. The smallest absolute Gasteiger partial charge is 0.336 e. The number of aryl methyl sites for hydroxylation is 1. The number of hydrogen-bond acceptors (Lipinski definition) is 5. The van der Waals surface area contributed by atoms with Crippen molar-refractivity contribution in [1.29, 1.82) is 0 Å². The average molecular weight is 356 g/mol. The minimum Gasteiger partial charge on any atom is -0.484 e. The predicted molar refractivity (Wildman–Crippen MR) is 95.5 cm³/mol. The number of carbonyl (C=O) groups excluding carboxylic acids is 2. The van der Waals surface area contributed by atoms with E-state index < -0.39 is 11.5 Å². The number of nitrogens with one attached hydrogen (secondary N) is 2.